The van der Waals surface area contributed by atoms with Crippen molar-refractivity contribution in [3.8, 4) is 0 Å². The van der Waals surface area contributed by atoms with Gasteiger partial charge in [-0.3, -0.25) is 4.98 Å². The van der Waals surface area contributed by atoms with Gasteiger partial charge in [0, 0.05) is 27.9 Å². The van der Waals surface area contributed by atoms with Crippen LogP contribution in [0.1, 0.15) is 37.6 Å². The third kappa shape index (κ3) is 5.34. The standard InChI is InChI=1S/C17H21ClN2S/c1-3-10-19-13(2)17-9-8-16(11-20-17)21-12-14-4-6-15(18)7-5-14/h4-9,11,13,19H,3,10,12H2,1-2H3. The summed E-state index contributed by atoms with van der Waals surface area (Å²) in [5.74, 6) is 0.932. The summed E-state index contributed by atoms with van der Waals surface area (Å²) in [6.07, 6.45) is 3.10. The van der Waals surface area contributed by atoms with E-state index in [2.05, 4.69) is 48.4 Å². The maximum absolute atomic E-state index is 5.89. The van der Waals surface area contributed by atoms with E-state index in [0.29, 0.717) is 6.04 Å². The number of thioether (sulfide) groups is 1. The molecular formula is C17H21ClN2S. The van der Waals surface area contributed by atoms with Crippen molar-refractivity contribution in [1.82, 2.24) is 10.3 Å². The molecule has 1 atom stereocenters. The third-order valence-corrected chi connectivity index (χ3v) is 4.53. The Balaban J connectivity index is 1.88. The van der Waals surface area contributed by atoms with E-state index in [1.165, 1.54) is 10.5 Å². The lowest BCUT2D eigenvalue weighted by Gasteiger charge is -2.12. The van der Waals surface area contributed by atoms with Gasteiger partial charge in [-0.25, -0.2) is 0 Å². The van der Waals surface area contributed by atoms with Gasteiger partial charge in [-0.2, -0.15) is 0 Å². The monoisotopic (exact) mass is 320 g/mol. The molecule has 1 N–H and O–H groups in total. The molecule has 0 aliphatic rings. The smallest absolute Gasteiger partial charge is 0.0571 e. The van der Waals surface area contributed by atoms with Gasteiger partial charge in [-0.1, -0.05) is 30.7 Å². The molecule has 2 nitrogen and oxygen atoms in total. The van der Waals surface area contributed by atoms with Crippen molar-refractivity contribution in [3.05, 3.63) is 58.9 Å². The van der Waals surface area contributed by atoms with E-state index in [1.807, 2.05) is 18.3 Å². The zero-order valence-corrected chi connectivity index (χ0v) is 14.0. The fraction of sp³-hybridized carbons (Fsp3) is 0.353. The Morgan fingerprint density at radius 2 is 1.95 bits per heavy atom. The van der Waals surface area contributed by atoms with Crippen LogP contribution in [0.2, 0.25) is 5.02 Å². The Hall–Kier alpha value is -1.03. The van der Waals surface area contributed by atoms with E-state index in [1.54, 1.807) is 11.8 Å². The highest BCUT2D eigenvalue weighted by molar-refractivity contribution is 7.98. The van der Waals surface area contributed by atoms with Crippen molar-refractivity contribution in [3.63, 3.8) is 0 Å². The van der Waals surface area contributed by atoms with Crippen LogP contribution < -0.4 is 5.32 Å². The molecule has 0 amide bonds. The average molecular weight is 321 g/mol. The first kappa shape index (κ1) is 16.3. The molecule has 1 heterocycles. The highest BCUT2D eigenvalue weighted by Crippen LogP contribution is 2.23. The number of hydrogen-bond donors (Lipinski definition) is 1. The Morgan fingerprint density at radius 3 is 2.57 bits per heavy atom. The zero-order valence-electron chi connectivity index (χ0n) is 12.5. The van der Waals surface area contributed by atoms with Gasteiger partial charge in [0.15, 0.2) is 0 Å². The van der Waals surface area contributed by atoms with Crippen molar-refractivity contribution in [1.29, 1.82) is 0 Å². The lowest BCUT2D eigenvalue weighted by Crippen LogP contribution is -2.20. The predicted molar refractivity (Wildman–Crippen MR) is 92.0 cm³/mol. The van der Waals surface area contributed by atoms with Crippen molar-refractivity contribution in [2.75, 3.05) is 6.54 Å². The topological polar surface area (TPSA) is 24.9 Å². The van der Waals surface area contributed by atoms with Crippen molar-refractivity contribution in [2.24, 2.45) is 0 Å². The molecule has 0 radical (unpaired) electrons. The fourth-order valence-electron chi connectivity index (χ4n) is 1.95. The first-order valence-corrected chi connectivity index (χ1v) is 8.62. The Bertz CT molecular complexity index is 540. The number of nitrogens with one attached hydrogen (secondary N) is 1. The number of benzene rings is 1. The van der Waals surface area contributed by atoms with E-state index in [4.69, 9.17) is 11.6 Å². The van der Waals surface area contributed by atoms with E-state index in [9.17, 15) is 0 Å². The van der Waals surface area contributed by atoms with Crippen molar-refractivity contribution >= 4 is 23.4 Å². The second-order valence-electron chi connectivity index (χ2n) is 5.01. The summed E-state index contributed by atoms with van der Waals surface area (Å²) in [5, 5.41) is 4.23. The number of aromatic nitrogens is 1. The zero-order chi connectivity index (χ0) is 15.1. The summed E-state index contributed by atoms with van der Waals surface area (Å²) in [6.45, 7) is 5.35. The predicted octanol–water partition coefficient (Wildman–Crippen LogP) is 5.09. The Morgan fingerprint density at radius 1 is 1.19 bits per heavy atom. The van der Waals surface area contributed by atoms with Crippen LogP contribution >= 0.6 is 23.4 Å². The summed E-state index contributed by atoms with van der Waals surface area (Å²) in [4.78, 5) is 5.74. The van der Waals surface area contributed by atoms with Crippen LogP contribution in [-0.4, -0.2) is 11.5 Å². The van der Waals surface area contributed by atoms with Gasteiger partial charge >= 0.3 is 0 Å². The van der Waals surface area contributed by atoms with Crippen LogP contribution in [0.25, 0.3) is 0 Å². The molecule has 21 heavy (non-hydrogen) atoms. The van der Waals surface area contributed by atoms with E-state index >= 15 is 0 Å². The molecule has 0 saturated heterocycles. The number of hydrogen-bond acceptors (Lipinski definition) is 3. The summed E-state index contributed by atoms with van der Waals surface area (Å²) < 4.78 is 0. The highest BCUT2D eigenvalue weighted by atomic mass is 35.5. The minimum atomic E-state index is 0.306. The first-order chi connectivity index (χ1) is 10.2. The molecule has 0 bridgehead atoms. The van der Waals surface area contributed by atoms with E-state index in [-0.39, 0.29) is 0 Å². The average Bonchev–Trinajstić information content (AvgIpc) is 2.52. The molecule has 1 aromatic carbocycles. The maximum Gasteiger partial charge on any atom is 0.0571 e. The molecule has 4 heteroatoms. The van der Waals surface area contributed by atoms with Crippen molar-refractivity contribution < 1.29 is 0 Å². The maximum atomic E-state index is 5.89. The molecule has 2 aromatic rings. The van der Waals surface area contributed by atoms with Gasteiger partial charge in [-0.15, -0.1) is 11.8 Å². The quantitative estimate of drug-likeness (QED) is 0.719. The molecule has 0 aliphatic heterocycles. The van der Waals surface area contributed by atoms with Gasteiger partial charge in [0.05, 0.1) is 5.69 Å². The van der Waals surface area contributed by atoms with Gasteiger partial charge in [0.25, 0.3) is 0 Å². The highest BCUT2D eigenvalue weighted by Gasteiger charge is 2.05. The second-order valence-corrected chi connectivity index (χ2v) is 6.49. The van der Waals surface area contributed by atoms with Crippen LogP contribution in [0, 0.1) is 0 Å². The van der Waals surface area contributed by atoms with Crippen LogP contribution in [-0.2, 0) is 5.75 Å². The number of rotatable bonds is 7. The van der Waals surface area contributed by atoms with Gasteiger partial charge in [0.2, 0.25) is 0 Å². The molecule has 0 spiro atoms. The first-order valence-electron chi connectivity index (χ1n) is 7.25. The Labute approximate surface area is 136 Å². The van der Waals surface area contributed by atoms with E-state index in [0.717, 1.165) is 29.4 Å². The summed E-state index contributed by atoms with van der Waals surface area (Å²) in [5.41, 5.74) is 2.37. The lowest BCUT2D eigenvalue weighted by atomic mass is 10.2. The van der Waals surface area contributed by atoms with Crippen LogP contribution in [0.4, 0.5) is 0 Å². The Kier molecular flexibility index (Phi) is 6.55. The summed E-state index contributed by atoms with van der Waals surface area (Å²) in [7, 11) is 0. The molecule has 112 valence electrons. The number of pyridine rings is 1. The number of halogens is 1. The van der Waals surface area contributed by atoms with Crippen molar-refractivity contribution in [2.45, 2.75) is 37.0 Å². The van der Waals surface area contributed by atoms with E-state index < -0.39 is 0 Å². The number of nitrogens with zero attached hydrogens (tertiary/aromatic N) is 1. The van der Waals surface area contributed by atoms with Crippen LogP contribution in [0.15, 0.2) is 47.5 Å². The van der Waals surface area contributed by atoms with Gasteiger partial charge in [0.1, 0.15) is 0 Å². The fourth-order valence-corrected chi connectivity index (χ4v) is 2.89. The molecule has 0 saturated carbocycles. The third-order valence-electron chi connectivity index (χ3n) is 3.22. The second kappa shape index (κ2) is 8.42. The summed E-state index contributed by atoms with van der Waals surface area (Å²) >= 11 is 7.68. The molecule has 0 aliphatic carbocycles. The van der Waals surface area contributed by atoms with Crippen LogP contribution in [0.5, 0.6) is 0 Å². The summed E-state index contributed by atoms with van der Waals surface area (Å²) in [6, 6.07) is 12.5. The van der Waals surface area contributed by atoms with Gasteiger partial charge in [-0.05, 0) is 49.7 Å². The van der Waals surface area contributed by atoms with Gasteiger partial charge < -0.3 is 5.32 Å². The SMILES string of the molecule is CCCNC(C)c1ccc(SCc2ccc(Cl)cc2)cn1. The molecular weight excluding hydrogens is 300 g/mol. The molecule has 1 aromatic heterocycles. The minimum absolute atomic E-state index is 0.306. The lowest BCUT2D eigenvalue weighted by molar-refractivity contribution is 0.558. The van der Waals surface area contributed by atoms with Crippen LogP contribution in [0.3, 0.4) is 0 Å². The minimum Gasteiger partial charge on any atom is -0.309 e. The molecule has 1 unspecified atom stereocenters. The molecule has 2 rings (SSSR count). The normalized spacial score (nSPS) is 12.3. The largest absolute Gasteiger partial charge is 0.309 e. The molecule has 0 fully saturated rings.